The van der Waals surface area contributed by atoms with E-state index in [2.05, 4.69) is 9.97 Å². The normalized spacial score (nSPS) is 26.8. The summed E-state index contributed by atoms with van der Waals surface area (Å²) in [4.78, 5) is 35.1. The third-order valence-corrected chi connectivity index (χ3v) is 4.79. The molecule has 2 atom stereocenters. The molecule has 2 aliphatic heterocycles. The molecule has 0 N–H and O–H groups in total. The summed E-state index contributed by atoms with van der Waals surface area (Å²) in [6.45, 7) is 5.64. The number of ketones is 1. The van der Waals surface area contributed by atoms with Gasteiger partial charge in [-0.25, -0.2) is 14.8 Å². The van der Waals surface area contributed by atoms with Crippen LogP contribution in [0, 0.1) is 5.92 Å². The van der Waals surface area contributed by atoms with Crippen molar-refractivity contribution in [3.05, 3.63) is 24.3 Å². The zero-order valence-electron chi connectivity index (χ0n) is 14.6. The van der Waals surface area contributed by atoms with E-state index in [0.717, 1.165) is 19.3 Å². The van der Waals surface area contributed by atoms with Crippen LogP contribution < -0.4 is 0 Å². The van der Waals surface area contributed by atoms with Crippen molar-refractivity contribution in [1.82, 2.24) is 14.9 Å². The van der Waals surface area contributed by atoms with Gasteiger partial charge in [-0.1, -0.05) is 0 Å². The van der Waals surface area contributed by atoms with Crippen molar-refractivity contribution in [1.29, 1.82) is 0 Å². The molecular formula is C18H25N3O3. The molecule has 0 aromatic carbocycles. The van der Waals surface area contributed by atoms with Crippen molar-refractivity contribution in [2.45, 2.75) is 70.6 Å². The fourth-order valence-corrected chi connectivity index (χ4v) is 3.87. The van der Waals surface area contributed by atoms with Crippen molar-refractivity contribution in [3.8, 4) is 0 Å². The number of carbonyl (C=O) groups excluding carboxylic acids is 2. The quantitative estimate of drug-likeness (QED) is 0.778. The monoisotopic (exact) mass is 331 g/mol. The minimum Gasteiger partial charge on any atom is -0.444 e. The molecule has 130 valence electrons. The van der Waals surface area contributed by atoms with Gasteiger partial charge in [0.05, 0.1) is 5.56 Å². The summed E-state index contributed by atoms with van der Waals surface area (Å²) in [6, 6.07) is 0.178. The summed E-state index contributed by atoms with van der Waals surface area (Å²) in [5.74, 6) is 0.0290. The highest BCUT2D eigenvalue weighted by Gasteiger charge is 2.44. The van der Waals surface area contributed by atoms with Gasteiger partial charge in [0, 0.05) is 30.4 Å². The molecule has 0 saturated carbocycles. The summed E-state index contributed by atoms with van der Waals surface area (Å²) in [5, 5.41) is 0. The third kappa shape index (κ3) is 3.57. The van der Waals surface area contributed by atoms with Gasteiger partial charge in [-0.2, -0.15) is 0 Å². The second kappa shape index (κ2) is 6.49. The van der Waals surface area contributed by atoms with Crippen LogP contribution in [0.4, 0.5) is 4.79 Å². The summed E-state index contributed by atoms with van der Waals surface area (Å²) >= 11 is 0. The maximum absolute atomic E-state index is 12.7. The SMILES string of the molecule is CC(C)(C)OC(=O)N1C2CCCC1CC(C(=O)c1cncnc1)C2. The van der Waals surface area contributed by atoms with E-state index in [9.17, 15) is 9.59 Å². The van der Waals surface area contributed by atoms with Crippen LogP contribution in [0.15, 0.2) is 18.7 Å². The fraction of sp³-hybridized carbons (Fsp3) is 0.667. The summed E-state index contributed by atoms with van der Waals surface area (Å²) in [6.07, 6.45) is 8.70. The highest BCUT2D eigenvalue weighted by molar-refractivity contribution is 5.97. The number of aromatic nitrogens is 2. The van der Waals surface area contributed by atoms with Crippen LogP contribution in [-0.4, -0.2) is 44.4 Å². The Labute approximate surface area is 142 Å². The first-order chi connectivity index (χ1) is 11.3. The number of hydrogen-bond donors (Lipinski definition) is 0. The van der Waals surface area contributed by atoms with E-state index in [1.165, 1.54) is 6.33 Å². The van der Waals surface area contributed by atoms with Crippen molar-refractivity contribution in [2.75, 3.05) is 0 Å². The summed E-state index contributed by atoms with van der Waals surface area (Å²) < 4.78 is 5.58. The Bertz CT molecular complexity index is 598. The number of carbonyl (C=O) groups is 2. The van der Waals surface area contributed by atoms with Crippen molar-refractivity contribution in [2.24, 2.45) is 5.92 Å². The van der Waals surface area contributed by atoms with Crippen molar-refractivity contribution in [3.63, 3.8) is 0 Å². The Morgan fingerprint density at radius 3 is 2.25 bits per heavy atom. The van der Waals surface area contributed by atoms with E-state index in [1.54, 1.807) is 12.4 Å². The fourth-order valence-electron chi connectivity index (χ4n) is 3.87. The molecule has 24 heavy (non-hydrogen) atoms. The molecule has 2 saturated heterocycles. The van der Waals surface area contributed by atoms with Crippen LogP contribution in [-0.2, 0) is 4.74 Å². The summed E-state index contributed by atoms with van der Waals surface area (Å²) in [7, 11) is 0. The maximum atomic E-state index is 12.7. The minimum absolute atomic E-state index is 0.0648. The Morgan fingerprint density at radius 2 is 1.71 bits per heavy atom. The number of rotatable bonds is 2. The topological polar surface area (TPSA) is 72.4 Å². The first kappa shape index (κ1) is 16.9. The predicted octanol–water partition coefficient (Wildman–Crippen LogP) is 3.23. The molecule has 6 nitrogen and oxygen atoms in total. The van der Waals surface area contributed by atoms with E-state index < -0.39 is 5.60 Å². The standard InChI is InChI=1S/C18H25N3O3/c1-18(2,3)24-17(23)21-14-5-4-6-15(21)8-12(7-14)16(22)13-9-19-11-20-10-13/h9-12,14-15H,4-8H2,1-3H3. The van der Waals surface area contributed by atoms with E-state index >= 15 is 0 Å². The van der Waals surface area contributed by atoms with Gasteiger partial charge < -0.3 is 9.64 Å². The van der Waals surface area contributed by atoms with E-state index in [1.807, 2.05) is 25.7 Å². The molecule has 2 bridgehead atoms. The zero-order valence-corrected chi connectivity index (χ0v) is 14.6. The Morgan fingerprint density at radius 1 is 1.12 bits per heavy atom. The van der Waals surface area contributed by atoms with E-state index in [4.69, 9.17) is 4.74 Å². The number of nitrogens with zero attached hydrogens (tertiary/aromatic N) is 3. The van der Waals surface area contributed by atoms with Crippen LogP contribution in [0.3, 0.4) is 0 Å². The average Bonchev–Trinajstić information content (AvgIpc) is 2.52. The van der Waals surface area contributed by atoms with Gasteiger partial charge in [0.2, 0.25) is 0 Å². The highest BCUT2D eigenvalue weighted by Crippen LogP contribution is 2.39. The van der Waals surface area contributed by atoms with Crippen LogP contribution in [0.5, 0.6) is 0 Å². The first-order valence-corrected chi connectivity index (χ1v) is 8.65. The van der Waals surface area contributed by atoms with Gasteiger partial charge in [0.1, 0.15) is 11.9 Å². The third-order valence-electron chi connectivity index (χ3n) is 4.79. The second-order valence-corrected chi connectivity index (χ2v) is 7.79. The Balaban J connectivity index is 1.74. The van der Waals surface area contributed by atoms with Gasteiger partial charge >= 0.3 is 6.09 Å². The van der Waals surface area contributed by atoms with Crippen molar-refractivity contribution >= 4 is 11.9 Å². The lowest BCUT2D eigenvalue weighted by Crippen LogP contribution is -2.56. The molecule has 0 spiro atoms. The lowest BCUT2D eigenvalue weighted by molar-refractivity contribution is -0.0260. The number of ether oxygens (including phenoxy) is 1. The maximum Gasteiger partial charge on any atom is 0.410 e. The van der Waals surface area contributed by atoms with Crippen molar-refractivity contribution < 1.29 is 14.3 Å². The Hall–Kier alpha value is -1.98. The van der Waals surface area contributed by atoms with Gasteiger partial charge in [0.25, 0.3) is 0 Å². The molecule has 2 aliphatic rings. The molecule has 3 rings (SSSR count). The molecule has 6 heteroatoms. The number of amides is 1. The number of Topliss-reactive ketones (excluding diaryl/α,β-unsaturated/α-hetero) is 1. The Kier molecular flexibility index (Phi) is 4.56. The predicted molar refractivity (Wildman–Crippen MR) is 88.6 cm³/mol. The van der Waals surface area contributed by atoms with Gasteiger partial charge in [-0.15, -0.1) is 0 Å². The molecule has 2 fully saturated rings. The molecule has 0 aliphatic carbocycles. The number of fused-ring (bicyclic) bond motifs is 2. The van der Waals surface area contributed by atoms with E-state index in [-0.39, 0.29) is 29.9 Å². The number of piperidine rings is 2. The molecule has 0 radical (unpaired) electrons. The average molecular weight is 331 g/mol. The molecule has 1 aromatic heterocycles. The van der Waals surface area contributed by atoms with Crippen LogP contribution in [0.2, 0.25) is 0 Å². The van der Waals surface area contributed by atoms with Gasteiger partial charge in [-0.05, 0) is 52.9 Å². The van der Waals surface area contributed by atoms with E-state index in [0.29, 0.717) is 18.4 Å². The lowest BCUT2D eigenvalue weighted by atomic mass is 9.76. The second-order valence-electron chi connectivity index (χ2n) is 7.79. The highest BCUT2D eigenvalue weighted by atomic mass is 16.6. The minimum atomic E-state index is -0.501. The van der Waals surface area contributed by atoms with Gasteiger partial charge in [0.15, 0.2) is 5.78 Å². The molecule has 2 unspecified atom stereocenters. The molecule has 1 aromatic rings. The first-order valence-electron chi connectivity index (χ1n) is 8.65. The van der Waals surface area contributed by atoms with Crippen LogP contribution in [0.1, 0.15) is 63.2 Å². The van der Waals surface area contributed by atoms with Gasteiger partial charge in [-0.3, -0.25) is 4.79 Å². The molecule has 1 amide bonds. The number of hydrogen-bond acceptors (Lipinski definition) is 5. The van der Waals surface area contributed by atoms with Crippen LogP contribution in [0.25, 0.3) is 0 Å². The smallest absolute Gasteiger partial charge is 0.410 e. The largest absolute Gasteiger partial charge is 0.444 e. The summed E-state index contributed by atoms with van der Waals surface area (Å²) in [5.41, 5.74) is 0.0608. The molecule has 3 heterocycles. The lowest BCUT2D eigenvalue weighted by Gasteiger charge is -2.48. The van der Waals surface area contributed by atoms with Crippen LogP contribution >= 0.6 is 0 Å². The molecular weight excluding hydrogens is 306 g/mol. The zero-order chi connectivity index (χ0) is 17.3.